The maximum absolute atomic E-state index is 13.6. The Bertz CT molecular complexity index is 1120. The maximum Gasteiger partial charge on any atom is 0.261 e. The fraction of sp³-hybridized carbons (Fsp3) is 0.286. The van der Waals surface area contributed by atoms with E-state index in [9.17, 15) is 9.59 Å². The summed E-state index contributed by atoms with van der Waals surface area (Å²) < 4.78 is 6.48. The van der Waals surface area contributed by atoms with Gasteiger partial charge in [0.1, 0.15) is 11.8 Å². The Morgan fingerprint density at radius 1 is 1.03 bits per heavy atom. The number of hydrogen-bond acceptors (Lipinski definition) is 3. The molecule has 0 aliphatic rings. The van der Waals surface area contributed by atoms with E-state index in [0.29, 0.717) is 34.8 Å². The number of nitrogens with one attached hydrogen (secondary N) is 1. The standard InChI is InChI=1S/C28H30BrClN2O3/c1-3-15-31-28(34)25(16-21-7-5-4-6-8-21)32(18-22-11-9-20(2)10-12-22)27(33)19-35-26-14-13-23(30)17-24(26)29/h4-14,17,25H,3,15-16,18-19H2,1-2H3,(H,31,34). The Labute approximate surface area is 220 Å². The lowest BCUT2D eigenvalue weighted by molar-refractivity contribution is -0.142. The third-order valence-electron chi connectivity index (χ3n) is 5.54. The first-order chi connectivity index (χ1) is 16.9. The molecule has 0 aliphatic carbocycles. The molecule has 1 unspecified atom stereocenters. The number of carbonyl (C=O) groups is 2. The van der Waals surface area contributed by atoms with E-state index in [1.165, 1.54) is 0 Å². The highest BCUT2D eigenvalue weighted by atomic mass is 79.9. The Kier molecular flexibility index (Phi) is 10.2. The van der Waals surface area contributed by atoms with E-state index >= 15 is 0 Å². The smallest absolute Gasteiger partial charge is 0.261 e. The molecule has 0 fully saturated rings. The summed E-state index contributed by atoms with van der Waals surface area (Å²) in [5.41, 5.74) is 3.05. The zero-order valence-electron chi connectivity index (χ0n) is 20.0. The van der Waals surface area contributed by atoms with Crippen molar-refractivity contribution in [2.45, 2.75) is 39.3 Å². The first-order valence-electron chi connectivity index (χ1n) is 11.6. The van der Waals surface area contributed by atoms with Crippen molar-refractivity contribution in [2.24, 2.45) is 0 Å². The molecule has 2 amide bonds. The van der Waals surface area contributed by atoms with Gasteiger partial charge in [-0.2, -0.15) is 0 Å². The average molecular weight is 558 g/mol. The van der Waals surface area contributed by atoms with Gasteiger partial charge in [-0.3, -0.25) is 9.59 Å². The number of hydrogen-bond donors (Lipinski definition) is 1. The maximum atomic E-state index is 13.6. The molecule has 7 heteroatoms. The predicted octanol–water partition coefficient (Wildman–Crippen LogP) is 5.96. The summed E-state index contributed by atoms with van der Waals surface area (Å²) in [7, 11) is 0. The SMILES string of the molecule is CCCNC(=O)C(Cc1ccccc1)N(Cc1ccc(C)cc1)C(=O)COc1ccc(Cl)cc1Br. The van der Waals surface area contributed by atoms with Crippen LogP contribution in [0.4, 0.5) is 0 Å². The normalized spacial score (nSPS) is 11.5. The summed E-state index contributed by atoms with van der Waals surface area (Å²) in [6.07, 6.45) is 1.21. The van der Waals surface area contributed by atoms with Gasteiger partial charge in [-0.15, -0.1) is 0 Å². The molecule has 0 heterocycles. The zero-order chi connectivity index (χ0) is 25.2. The molecule has 35 heavy (non-hydrogen) atoms. The van der Waals surface area contributed by atoms with Crippen molar-refractivity contribution in [3.05, 3.63) is 99.0 Å². The fourth-order valence-corrected chi connectivity index (χ4v) is 4.42. The van der Waals surface area contributed by atoms with E-state index < -0.39 is 6.04 Å². The molecule has 0 saturated carbocycles. The molecule has 0 aromatic heterocycles. The summed E-state index contributed by atoms with van der Waals surface area (Å²) >= 11 is 9.44. The molecule has 3 rings (SSSR count). The van der Waals surface area contributed by atoms with Crippen LogP contribution in [0.3, 0.4) is 0 Å². The van der Waals surface area contributed by atoms with E-state index in [0.717, 1.165) is 23.1 Å². The molecule has 3 aromatic carbocycles. The quantitative estimate of drug-likeness (QED) is 0.317. The van der Waals surface area contributed by atoms with Crippen LogP contribution in [-0.4, -0.2) is 35.9 Å². The van der Waals surface area contributed by atoms with Crippen molar-refractivity contribution in [3.63, 3.8) is 0 Å². The number of amides is 2. The van der Waals surface area contributed by atoms with E-state index in [1.807, 2.05) is 68.4 Å². The number of nitrogens with zero attached hydrogens (tertiary/aromatic N) is 1. The van der Waals surface area contributed by atoms with E-state index in [4.69, 9.17) is 16.3 Å². The highest BCUT2D eigenvalue weighted by Gasteiger charge is 2.30. The summed E-state index contributed by atoms with van der Waals surface area (Å²) in [4.78, 5) is 28.5. The van der Waals surface area contributed by atoms with Crippen LogP contribution in [0, 0.1) is 6.92 Å². The minimum Gasteiger partial charge on any atom is -0.483 e. The Hall–Kier alpha value is -2.83. The van der Waals surface area contributed by atoms with E-state index in [-0.39, 0.29) is 18.4 Å². The van der Waals surface area contributed by atoms with Crippen molar-refractivity contribution >= 4 is 39.3 Å². The van der Waals surface area contributed by atoms with Crippen molar-refractivity contribution in [2.75, 3.05) is 13.2 Å². The third kappa shape index (κ3) is 8.11. The molecular weight excluding hydrogens is 528 g/mol. The Morgan fingerprint density at radius 3 is 2.40 bits per heavy atom. The molecule has 0 aliphatic heterocycles. The molecule has 1 atom stereocenters. The second-order valence-electron chi connectivity index (χ2n) is 8.37. The first-order valence-corrected chi connectivity index (χ1v) is 12.8. The lowest BCUT2D eigenvalue weighted by atomic mass is 10.0. The number of aryl methyl sites for hydroxylation is 1. The van der Waals surface area contributed by atoms with Crippen LogP contribution in [0.5, 0.6) is 5.75 Å². The zero-order valence-corrected chi connectivity index (χ0v) is 22.3. The van der Waals surface area contributed by atoms with Gasteiger partial charge in [0.25, 0.3) is 5.91 Å². The monoisotopic (exact) mass is 556 g/mol. The molecule has 3 aromatic rings. The summed E-state index contributed by atoms with van der Waals surface area (Å²) in [5.74, 6) is 0.0527. The van der Waals surface area contributed by atoms with Gasteiger partial charge in [-0.05, 0) is 58.6 Å². The number of carbonyl (C=O) groups excluding carboxylic acids is 2. The van der Waals surface area contributed by atoms with Crippen LogP contribution < -0.4 is 10.1 Å². The van der Waals surface area contributed by atoms with Crippen LogP contribution >= 0.6 is 27.5 Å². The number of rotatable bonds is 11. The van der Waals surface area contributed by atoms with Gasteiger partial charge in [-0.25, -0.2) is 0 Å². The van der Waals surface area contributed by atoms with Gasteiger partial charge in [-0.1, -0.05) is 78.7 Å². The molecule has 0 radical (unpaired) electrons. The van der Waals surface area contributed by atoms with Crippen molar-refractivity contribution in [3.8, 4) is 5.75 Å². The minimum absolute atomic E-state index is 0.177. The van der Waals surface area contributed by atoms with Gasteiger partial charge < -0.3 is 15.0 Å². The fourth-order valence-electron chi connectivity index (χ4n) is 3.62. The molecule has 0 bridgehead atoms. The summed E-state index contributed by atoms with van der Waals surface area (Å²) in [6.45, 7) is 4.64. The summed E-state index contributed by atoms with van der Waals surface area (Å²) in [5, 5.41) is 3.54. The molecular formula is C28H30BrClN2O3. The number of halogens is 2. The predicted molar refractivity (Wildman–Crippen MR) is 144 cm³/mol. The van der Waals surface area contributed by atoms with Crippen molar-refractivity contribution < 1.29 is 14.3 Å². The molecule has 1 N–H and O–H groups in total. The molecule has 0 spiro atoms. The Balaban J connectivity index is 1.89. The average Bonchev–Trinajstić information content (AvgIpc) is 2.85. The van der Waals surface area contributed by atoms with Crippen molar-refractivity contribution in [1.82, 2.24) is 10.2 Å². The van der Waals surface area contributed by atoms with Crippen LogP contribution in [-0.2, 0) is 22.6 Å². The van der Waals surface area contributed by atoms with Gasteiger partial charge in [0, 0.05) is 24.5 Å². The van der Waals surface area contributed by atoms with Crippen LogP contribution in [0.1, 0.15) is 30.0 Å². The molecule has 0 saturated heterocycles. The largest absolute Gasteiger partial charge is 0.483 e. The second-order valence-corrected chi connectivity index (χ2v) is 9.66. The third-order valence-corrected chi connectivity index (χ3v) is 6.39. The topological polar surface area (TPSA) is 58.6 Å². The van der Waals surface area contributed by atoms with Crippen LogP contribution in [0.15, 0.2) is 77.3 Å². The van der Waals surface area contributed by atoms with Gasteiger partial charge in [0.15, 0.2) is 6.61 Å². The number of ether oxygens (including phenoxy) is 1. The number of benzene rings is 3. The molecule has 184 valence electrons. The summed E-state index contributed by atoms with van der Waals surface area (Å²) in [6, 6.07) is 22.1. The van der Waals surface area contributed by atoms with Gasteiger partial charge in [0.2, 0.25) is 5.91 Å². The first kappa shape index (κ1) is 26.8. The lowest BCUT2D eigenvalue weighted by Gasteiger charge is -2.31. The second kappa shape index (κ2) is 13.3. The van der Waals surface area contributed by atoms with Crippen LogP contribution in [0.2, 0.25) is 5.02 Å². The van der Waals surface area contributed by atoms with Gasteiger partial charge in [0.05, 0.1) is 4.47 Å². The van der Waals surface area contributed by atoms with Crippen LogP contribution in [0.25, 0.3) is 0 Å². The Morgan fingerprint density at radius 2 is 1.74 bits per heavy atom. The van der Waals surface area contributed by atoms with Gasteiger partial charge >= 0.3 is 0 Å². The van der Waals surface area contributed by atoms with E-state index in [2.05, 4.69) is 21.2 Å². The molecule has 5 nitrogen and oxygen atoms in total. The van der Waals surface area contributed by atoms with E-state index in [1.54, 1.807) is 23.1 Å². The van der Waals surface area contributed by atoms with Crippen molar-refractivity contribution in [1.29, 1.82) is 0 Å². The minimum atomic E-state index is -0.685. The lowest BCUT2D eigenvalue weighted by Crippen LogP contribution is -2.51. The highest BCUT2D eigenvalue weighted by Crippen LogP contribution is 2.28. The highest BCUT2D eigenvalue weighted by molar-refractivity contribution is 9.10.